The Bertz CT molecular complexity index is 347. The minimum Gasteiger partial charge on any atom is -0.469 e. The summed E-state index contributed by atoms with van der Waals surface area (Å²) in [6.07, 6.45) is 2.22. The van der Waals surface area contributed by atoms with Crippen LogP contribution in [0.4, 0.5) is 0 Å². The lowest BCUT2D eigenvalue weighted by Crippen LogP contribution is -2.16. The minimum absolute atomic E-state index is 0. The highest BCUT2D eigenvalue weighted by Gasteiger charge is 2.11. The van der Waals surface area contributed by atoms with Crippen molar-refractivity contribution in [3.63, 3.8) is 0 Å². The first kappa shape index (κ1) is 15.3. The van der Waals surface area contributed by atoms with E-state index in [0.29, 0.717) is 0 Å². The average molecular weight is 262 g/mol. The summed E-state index contributed by atoms with van der Waals surface area (Å²) in [6, 6.07) is 7.59. The molecule has 0 radical (unpaired) electrons. The van der Waals surface area contributed by atoms with E-state index in [2.05, 4.69) is 4.74 Å². The lowest BCUT2D eigenvalue weighted by Gasteiger charge is -2.11. The zero-order chi connectivity index (χ0) is 11.3. The Hall–Kier alpha value is -0.710. The highest BCUT2D eigenvalue weighted by Crippen LogP contribution is 2.21. The quantitative estimate of drug-likeness (QED) is 0.668. The van der Waals surface area contributed by atoms with E-state index in [-0.39, 0.29) is 30.8 Å². The molecule has 1 atom stereocenters. The largest absolute Gasteiger partial charge is 0.469 e. The van der Waals surface area contributed by atoms with Gasteiger partial charge in [0.2, 0.25) is 0 Å². The van der Waals surface area contributed by atoms with Crippen LogP contribution in [0.2, 0.25) is 0 Å². The smallest absolute Gasteiger partial charge is 0.307 e. The van der Waals surface area contributed by atoms with E-state index in [1.165, 1.54) is 7.11 Å². The molecule has 0 spiro atoms. The van der Waals surface area contributed by atoms with E-state index in [1.54, 1.807) is 11.8 Å². The first-order valence-electron chi connectivity index (χ1n) is 4.63. The summed E-state index contributed by atoms with van der Waals surface area (Å²) in [7, 11) is 1.37. The van der Waals surface area contributed by atoms with E-state index in [1.807, 2.05) is 30.5 Å². The monoisotopic (exact) mass is 261 g/mol. The number of methoxy groups -OCH3 is 1. The molecule has 2 N–H and O–H groups in total. The molecule has 90 valence electrons. The maximum Gasteiger partial charge on any atom is 0.307 e. The second-order valence-electron chi connectivity index (χ2n) is 3.16. The topological polar surface area (TPSA) is 52.3 Å². The summed E-state index contributed by atoms with van der Waals surface area (Å²) in [5.41, 5.74) is 6.85. The van der Waals surface area contributed by atoms with E-state index in [9.17, 15) is 4.79 Å². The first-order chi connectivity index (χ1) is 7.17. The number of benzene rings is 1. The van der Waals surface area contributed by atoms with Crippen molar-refractivity contribution in [2.24, 2.45) is 5.73 Å². The molecule has 0 aromatic heterocycles. The van der Waals surface area contributed by atoms with Crippen molar-refractivity contribution in [1.82, 2.24) is 0 Å². The molecule has 0 aliphatic carbocycles. The molecule has 3 nitrogen and oxygen atoms in total. The van der Waals surface area contributed by atoms with Crippen LogP contribution in [0.25, 0.3) is 0 Å². The van der Waals surface area contributed by atoms with Crippen LogP contribution in [-0.4, -0.2) is 19.3 Å². The number of rotatable bonds is 4. The predicted molar refractivity (Wildman–Crippen MR) is 69.0 cm³/mol. The third-order valence-electron chi connectivity index (χ3n) is 2.14. The Balaban J connectivity index is 0.00000225. The van der Waals surface area contributed by atoms with Gasteiger partial charge in [0.15, 0.2) is 0 Å². The number of halogens is 1. The lowest BCUT2D eigenvalue weighted by molar-refractivity contribution is -0.141. The normalized spacial score (nSPS) is 11.4. The van der Waals surface area contributed by atoms with Gasteiger partial charge in [-0.2, -0.15) is 0 Å². The molecule has 0 aliphatic rings. The number of hydrogen-bond donors (Lipinski definition) is 1. The molecule has 1 rings (SSSR count). The average Bonchev–Trinajstić information content (AvgIpc) is 2.28. The number of carbonyl (C=O) groups excluding carboxylic acids is 1. The molecular formula is C11H16ClNO2S. The molecule has 0 fully saturated rings. The predicted octanol–water partition coefficient (Wildman–Crippen LogP) is 2.39. The van der Waals surface area contributed by atoms with Crippen LogP contribution in [-0.2, 0) is 9.53 Å². The number of thioether (sulfide) groups is 1. The van der Waals surface area contributed by atoms with E-state index >= 15 is 0 Å². The molecule has 0 saturated heterocycles. The minimum atomic E-state index is -0.287. The fourth-order valence-corrected chi connectivity index (χ4v) is 1.72. The van der Waals surface area contributed by atoms with Gasteiger partial charge in [0.05, 0.1) is 13.5 Å². The zero-order valence-corrected chi connectivity index (χ0v) is 10.9. The fraction of sp³-hybridized carbons (Fsp3) is 0.364. The maximum atomic E-state index is 11.0. The van der Waals surface area contributed by atoms with Gasteiger partial charge >= 0.3 is 5.97 Å². The van der Waals surface area contributed by atoms with Crippen LogP contribution in [0.3, 0.4) is 0 Å². The van der Waals surface area contributed by atoms with Crippen molar-refractivity contribution in [3.8, 4) is 0 Å². The number of esters is 1. The van der Waals surface area contributed by atoms with E-state index in [4.69, 9.17) is 5.73 Å². The van der Waals surface area contributed by atoms with Gasteiger partial charge in [-0.05, 0) is 24.0 Å². The van der Waals surface area contributed by atoms with Crippen LogP contribution in [0, 0.1) is 0 Å². The van der Waals surface area contributed by atoms with Crippen LogP contribution >= 0.6 is 24.2 Å². The number of hydrogen-bond acceptors (Lipinski definition) is 4. The van der Waals surface area contributed by atoms with Crippen molar-refractivity contribution < 1.29 is 9.53 Å². The Kier molecular flexibility index (Phi) is 7.21. The highest BCUT2D eigenvalue weighted by molar-refractivity contribution is 7.98. The van der Waals surface area contributed by atoms with Crippen molar-refractivity contribution in [1.29, 1.82) is 0 Å². The molecular weight excluding hydrogens is 246 g/mol. The van der Waals surface area contributed by atoms with Crippen molar-refractivity contribution in [3.05, 3.63) is 29.8 Å². The van der Waals surface area contributed by atoms with E-state index < -0.39 is 0 Å². The summed E-state index contributed by atoms with van der Waals surface area (Å²) in [4.78, 5) is 12.2. The second-order valence-corrected chi connectivity index (χ2v) is 4.04. The number of nitrogens with two attached hydrogens (primary N) is 1. The van der Waals surface area contributed by atoms with Gasteiger partial charge in [-0.25, -0.2) is 0 Å². The van der Waals surface area contributed by atoms with Crippen molar-refractivity contribution in [2.75, 3.05) is 13.4 Å². The van der Waals surface area contributed by atoms with Crippen LogP contribution in [0.1, 0.15) is 18.0 Å². The number of ether oxygens (including phenoxy) is 1. The Morgan fingerprint density at radius 3 is 2.81 bits per heavy atom. The third-order valence-corrected chi connectivity index (χ3v) is 2.86. The van der Waals surface area contributed by atoms with Gasteiger partial charge in [0, 0.05) is 10.9 Å². The standard InChI is InChI=1S/C11H15NO2S.ClH/c1-14-11(13)7-10(12)8-4-3-5-9(6-8)15-2;/h3-6,10H,7,12H2,1-2H3;1H. The molecule has 0 saturated carbocycles. The zero-order valence-electron chi connectivity index (χ0n) is 9.30. The first-order valence-corrected chi connectivity index (χ1v) is 5.86. The molecule has 5 heteroatoms. The number of carbonyl (C=O) groups is 1. The Morgan fingerprint density at radius 2 is 2.25 bits per heavy atom. The SMILES string of the molecule is COC(=O)CC(N)c1cccc(SC)c1.Cl. The van der Waals surface area contributed by atoms with Crippen molar-refractivity contribution >= 4 is 30.1 Å². The maximum absolute atomic E-state index is 11.0. The van der Waals surface area contributed by atoms with Gasteiger partial charge in [0.1, 0.15) is 0 Å². The van der Waals surface area contributed by atoms with Crippen LogP contribution < -0.4 is 5.73 Å². The molecule has 0 amide bonds. The molecule has 1 unspecified atom stereocenters. The summed E-state index contributed by atoms with van der Waals surface area (Å²) >= 11 is 1.65. The Morgan fingerprint density at radius 1 is 1.56 bits per heavy atom. The second kappa shape index (κ2) is 7.54. The molecule has 0 bridgehead atoms. The third kappa shape index (κ3) is 4.43. The molecule has 1 aromatic carbocycles. The summed E-state index contributed by atoms with van der Waals surface area (Å²) in [5.74, 6) is -0.281. The van der Waals surface area contributed by atoms with Crippen LogP contribution in [0.5, 0.6) is 0 Å². The van der Waals surface area contributed by atoms with Crippen LogP contribution in [0.15, 0.2) is 29.2 Å². The summed E-state index contributed by atoms with van der Waals surface area (Å²) in [5, 5.41) is 0. The van der Waals surface area contributed by atoms with Gasteiger partial charge < -0.3 is 10.5 Å². The van der Waals surface area contributed by atoms with Gasteiger partial charge in [0.25, 0.3) is 0 Å². The van der Waals surface area contributed by atoms with Gasteiger partial charge in [-0.15, -0.1) is 24.2 Å². The van der Waals surface area contributed by atoms with Gasteiger partial charge in [-0.1, -0.05) is 12.1 Å². The lowest BCUT2D eigenvalue weighted by atomic mass is 10.1. The van der Waals surface area contributed by atoms with Gasteiger partial charge in [-0.3, -0.25) is 4.79 Å². The fourth-order valence-electron chi connectivity index (χ4n) is 1.25. The van der Waals surface area contributed by atoms with Crippen molar-refractivity contribution in [2.45, 2.75) is 17.4 Å². The van der Waals surface area contributed by atoms with E-state index in [0.717, 1.165) is 10.5 Å². The summed E-state index contributed by atoms with van der Waals surface area (Å²) < 4.78 is 4.57. The summed E-state index contributed by atoms with van der Waals surface area (Å²) in [6.45, 7) is 0. The Labute approximate surface area is 106 Å². The highest BCUT2D eigenvalue weighted by atomic mass is 35.5. The molecule has 0 aliphatic heterocycles. The molecule has 1 aromatic rings. The molecule has 0 heterocycles. The molecule has 16 heavy (non-hydrogen) atoms.